The number of alkyl halides is 3. The van der Waals surface area contributed by atoms with E-state index in [0.29, 0.717) is 54.2 Å². The Labute approximate surface area is 238 Å². The van der Waals surface area contributed by atoms with Gasteiger partial charge in [-0.05, 0) is 81.3 Å². The van der Waals surface area contributed by atoms with Crippen LogP contribution in [0.2, 0.25) is 5.02 Å². The number of hydrogen-bond acceptors (Lipinski definition) is 5. The smallest absolute Gasteiger partial charge is 0.416 e. The van der Waals surface area contributed by atoms with Gasteiger partial charge in [0.15, 0.2) is 0 Å². The molecule has 2 aromatic rings. The van der Waals surface area contributed by atoms with Gasteiger partial charge in [0.1, 0.15) is 11.6 Å². The molecule has 1 aliphatic rings. The normalized spacial score (nSPS) is 19.5. The Hall–Kier alpha value is -2.45. The van der Waals surface area contributed by atoms with Crippen molar-refractivity contribution >= 4 is 35.2 Å². The van der Waals surface area contributed by atoms with Crippen LogP contribution in [0.15, 0.2) is 74.9 Å². The summed E-state index contributed by atoms with van der Waals surface area (Å²) in [5, 5.41) is 0.575. The van der Waals surface area contributed by atoms with Gasteiger partial charge in [0, 0.05) is 14.8 Å². The number of benzene rings is 2. The van der Waals surface area contributed by atoms with Gasteiger partial charge < -0.3 is 9.47 Å². The van der Waals surface area contributed by atoms with E-state index < -0.39 is 17.3 Å². The molecule has 0 spiro atoms. The van der Waals surface area contributed by atoms with Crippen LogP contribution in [-0.4, -0.2) is 36.6 Å². The van der Waals surface area contributed by atoms with Crippen LogP contribution in [0.4, 0.5) is 13.2 Å². The fourth-order valence-electron chi connectivity index (χ4n) is 4.51. The number of aliphatic imine (C=N–C) groups is 2. The molecule has 0 saturated heterocycles. The Morgan fingerprint density at radius 2 is 1.82 bits per heavy atom. The van der Waals surface area contributed by atoms with E-state index in [2.05, 4.69) is 20.4 Å². The second-order valence-corrected chi connectivity index (χ2v) is 11.3. The molecular formula is C30H36ClF3N2O2S. The van der Waals surface area contributed by atoms with Gasteiger partial charge in [0.25, 0.3) is 0 Å². The molecule has 0 saturated carbocycles. The third kappa shape index (κ3) is 8.04. The fraction of sp³-hybridized carbons (Fsp3) is 0.467. The molecule has 1 heterocycles. The van der Waals surface area contributed by atoms with Crippen LogP contribution in [0, 0.1) is 5.92 Å². The van der Waals surface area contributed by atoms with Crippen LogP contribution in [0.3, 0.4) is 0 Å². The summed E-state index contributed by atoms with van der Waals surface area (Å²) in [6, 6.07) is 10.7. The minimum Gasteiger partial charge on any atom is -0.480 e. The van der Waals surface area contributed by atoms with Crippen molar-refractivity contribution in [2.24, 2.45) is 15.9 Å². The van der Waals surface area contributed by atoms with Crippen LogP contribution in [0.25, 0.3) is 0 Å². The molecule has 3 rings (SSSR count). The average molecular weight is 581 g/mol. The lowest BCUT2D eigenvalue weighted by Crippen LogP contribution is -2.47. The van der Waals surface area contributed by atoms with Gasteiger partial charge in [0.05, 0.1) is 18.8 Å². The standard InChI is InChI=1S/C30H36ClF3N2O2S/c1-6-16-29(28(38-8-3)35-26(20(4)5)27(36-29)37-7-2)17-10-11-21-14-15-24(19-25(21)31)39-23-13-9-12-22(18-23)30(32,33)34/h6,9,12-15,18-20,26H,1,7-8,10-11,16-17H2,2-5H3/t26-,29+/m0/s1. The lowest BCUT2D eigenvalue weighted by atomic mass is 9.86. The molecular weight excluding hydrogens is 545 g/mol. The number of rotatable bonds is 11. The first-order valence-corrected chi connectivity index (χ1v) is 14.4. The summed E-state index contributed by atoms with van der Waals surface area (Å²) in [6.07, 6.45) is 0.136. The lowest BCUT2D eigenvalue weighted by Gasteiger charge is -2.36. The molecule has 39 heavy (non-hydrogen) atoms. The molecule has 0 N–H and O–H groups in total. The Morgan fingerprint density at radius 3 is 2.44 bits per heavy atom. The van der Waals surface area contributed by atoms with Crippen molar-refractivity contribution in [1.29, 1.82) is 0 Å². The SMILES string of the molecule is C=CC[C@]1(CCCc2ccc(Sc3cccc(C(F)(F)F)c3)cc2Cl)N=C(OCC)[C@H](C(C)C)N=C1OCC. The topological polar surface area (TPSA) is 43.2 Å². The van der Waals surface area contributed by atoms with Gasteiger partial charge in [-0.3, -0.25) is 0 Å². The van der Waals surface area contributed by atoms with Crippen LogP contribution >= 0.6 is 23.4 Å². The van der Waals surface area contributed by atoms with Crippen molar-refractivity contribution in [2.45, 2.75) is 80.9 Å². The Morgan fingerprint density at radius 1 is 1.10 bits per heavy atom. The monoisotopic (exact) mass is 580 g/mol. The summed E-state index contributed by atoms with van der Waals surface area (Å²) in [5.41, 5.74) is -0.408. The van der Waals surface area contributed by atoms with E-state index in [0.717, 1.165) is 29.0 Å². The highest BCUT2D eigenvalue weighted by molar-refractivity contribution is 7.99. The van der Waals surface area contributed by atoms with E-state index in [-0.39, 0.29) is 12.0 Å². The van der Waals surface area contributed by atoms with E-state index in [1.165, 1.54) is 17.8 Å². The Kier molecular flexibility index (Phi) is 11.0. The second-order valence-electron chi connectivity index (χ2n) is 9.70. The summed E-state index contributed by atoms with van der Waals surface area (Å²) in [7, 11) is 0. The van der Waals surface area contributed by atoms with Gasteiger partial charge in [-0.1, -0.05) is 55.4 Å². The highest BCUT2D eigenvalue weighted by Crippen LogP contribution is 2.37. The second kappa shape index (κ2) is 13.8. The van der Waals surface area contributed by atoms with Crippen LogP contribution in [-0.2, 0) is 22.1 Å². The first-order chi connectivity index (χ1) is 18.5. The van der Waals surface area contributed by atoms with Crippen molar-refractivity contribution in [2.75, 3.05) is 13.2 Å². The third-order valence-corrected chi connectivity index (χ3v) is 7.71. The largest absolute Gasteiger partial charge is 0.480 e. The van der Waals surface area contributed by atoms with Crippen molar-refractivity contribution in [3.05, 3.63) is 71.3 Å². The van der Waals surface area contributed by atoms with Crippen LogP contribution < -0.4 is 0 Å². The Bertz CT molecular complexity index is 1200. The maximum atomic E-state index is 13.1. The predicted octanol–water partition coefficient (Wildman–Crippen LogP) is 9.06. The molecule has 1 aliphatic heterocycles. The fourth-order valence-corrected chi connectivity index (χ4v) is 5.77. The molecule has 0 radical (unpaired) electrons. The van der Waals surface area contributed by atoms with E-state index >= 15 is 0 Å². The molecule has 0 fully saturated rings. The maximum Gasteiger partial charge on any atom is 0.416 e. The molecule has 0 aromatic heterocycles. The van der Waals surface area contributed by atoms with Gasteiger partial charge >= 0.3 is 6.18 Å². The van der Waals surface area contributed by atoms with E-state index in [9.17, 15) is 13.2 Å². The highest BCUT2D eigenvalue weighted by Gasteiger charge is 2.42. The summed E-state index contributed by atoms with van der Waals surface area (Å²) < 4.78 is 51.2. The zero-order valence-electron chi connectivity index (χ0n) is 22.9. The number of aryl methyl sites for hydroxylation is 1. The van der Waals surface area contributed by atoms with Crippen molar-refractivity contribution in [3.63, 3.8) is 0 Å². The van der Waals surface area contributed by atoms with Crippen molar-refractivity contribution in [1.82, 2.24) is 0 Å². The van der Waals surface area contributed by atoms with Crippen LogP contribution in [0.1, 0.15) is 58.1 Å². The first-order valence-electron chi connectivity index (χ1n) is 13.2. The summed E-state index contributed by atoms with van der Waals surface area (Å²) in [6.45, 7) is 13.0. The van der Waals surface area contributed by atoms with E-state index in [1.54, 1.807) is 12.1 Å². The van der Waals surface area contributed by atoms with Crippen molar-refractivity contribution < 1.29 is 22.6 Å². The maximum absolute atomic E-state index is 13.1. The molecule has 2 aromatic carbocycles. The molecule has 9 heteroatoms. The minimum atomic E-state index is -4.38. The van der Waals surface area contributed by atoms with E-state index in [4.69, 9.17) is 31.1 Å². The zero-order chi connectivity index (χ0) is 28.6. The van der Waals surface area contributed by atoms with Crippen molar-refractivity contribution in [3.8, 4) is 0 Å². The molecule has 212 valence electrons. The summed E-state index contributed by atoms with van der Waals surface area (Å²) in [5.74, 6) is 1.46. The highest BCUT2D eigenvalue weighted by atomic mass is 35.5. The number of hydrogen-bond donors (Lipinski definition) is 0. The predicted molar refractivity (Wildman–Crippen MR) is 154 cm³/mol. The summed E-state index contributed by atoms with van der Waals surface area (Å²) >= 11 is 7.85. The van der Waals surface area contributed by atoms with Gasteiger partial charge in [-0.25, -0.2) is 9.98 Å². The summed E-state index contributed by atoms with van der Waals surface area (Å²) in [4.78, 5) is 11.3. The number of halogens is 4. The number of ether oxygens (including phenoxy) is 2. The molecule has 2 atom stereocenters. The molecule has 0 aliphatic carbocycles. The zero-order valence-corrected chi connectivity index (χ0v) is 24.4. The molecule has 4 nitrogen and oxygen atoms in total. The molecule has 0 bridgehead atoms. The van der Waals surface area contributed by atoms with Crippen LogP contribution in [0.5, 0.6) is 0 Å². The Balaban J connectivity index is 1.76. The number of nitrogens with zero attached hydrogens (tertiary/aromatic N) is 2. The lowest BCUT2D eigenvalue weighted by molar-refractivity contribution is -0.137. The molecule has 0 unspecified atom stereocenters. The van der Waals surface area contributed by atoms with Gasteiger partial charge in [-0.15, -0.1) is 6.58 Å². The minimum absolute atomic E-state index is 0.194. The van der Waals surface area contributed by atoms with E-state index in [1.807, 2.05) is 32.1 Å². The molecule has 0 amide bonds. The first kappa shape index (κ1) is 31.1. The van der Waals surface area contributed by atoms with Gasteiger partial charge in [-0.2, -0.15) is 13.2 Å². The average Bonchev–Trinajstić information content (AvgIpc) is 2.87. The quantitative estimate of drug-likeness (QED) is 0.249. The third-order valence-electron chi connectivity index (χ3n) is 6.38. The van der Waals surface area contributed by atoms with Gasteiger partial charge in [0.2, 0.25) is 11.8 Å².